The highest BCUT2D eigenvalue weighted by molar-refractivity contribution is 5.67. The Hall–Kier alpha value is -0.810. The van der Waals surface area contributed by atoms with Gasteiger partial charge in [-0.3, -0.25) is 0 Å². The molecule has 0 spiro atoms. The van der Waals surface area contributed by atoms with E-state index < -0.39 is 0 Å². The summed E-state index contributed by atoms with van der Waals surface area (Å²) in [5, 5.41) is 12.7. The molecule has 1 aliphatic rings. The number of nitrogens with zero attached hydrogens (tertiary/aromatic N) is 1. The molecule has 5 heteroatoms. The maximum atomic E-state index is 11.9. The number of aliphatic hydroxyl groups excluding tert-OH is 1. The number of rotatable bonds is 5. The van der Waals surface area contributed by atoms with Crippen LogP contribution in [0.5, 0.6) is 0 Å². The number of hydrogen-bond acceptors (Lipinski definition) is 4. The molecular weight excluding hydrogens is 256 g/mol. The van der Waals surface area contributed by atoms with Crippen molar-refractivity contribution in [1.82, 2.24) is 10.2 Å². The Labute approximate surface area is 122 Å². The molecule has 0 bridgehead atoms. The Balaban J connectivity index is 2.58. The highest BCUT2D eigenvalue weighted by Crippen LogP contribution is 2.21. The summed E-state index contributed by atoms with van der Waals surface area (Å²) in [6.07, 6.45) is 1.51. The summed E-state index contributed by atoms with van der Waals surface area (Å²) in [7, 11) is 0. The van der Waals surface area contributed by atoms with E-state index >= 15 is 0 Å². The fourth-order valence-electron chi connectivity index (χ4n) is 2.56. The van der Waals surface area contributed by atoms with Crippen LogP contribution in [0.4, 0.5) is 4.79 Å². The molecule has 0 aliphatic carbocycles. The Bertz CT molecular complexity index is 302. The van der Waals surface area contributed by atoms with Crippen molar-refractivity contribution in [3.8, 4) is 0 Å². The fraction of sp³-hybridized carbons (Fsp3) is 0.933. The number of piperidine rings is 1. The molecule has 2 N–H and O–H groups in total. The van der Waals surface area contributed by atoms with Gasteiger partial charge in [0.05, 0.1) is 6.61 Å². The molecule has 2 unspecified atom stereocenters. The molecule has 0 aromatic rings. The van der Waals surface area contributed by atoms with Gasteiger partial charge in [0.1, 0.15) is 0 Å². The maximum Gasteiger partial charge on any atom is 0.409 e. The van der Waals surface area contributed by atoms with Gasteiger partial charge >= 0.3 is 6.09 Å². The zero-order valence-corrected chi connectivity index (χ0v) is 13.3. The molecule has 1 amide bonds. The Morgan fingerprint density at radius 1 is 1.40 bits per heavy atom. The molecule has 5 nitrogen and oxygen atoms in total. The van der Waals surface area contributed by atoms with E-state index in [1.54, 1.807) is 4.90 Å². The van der Waals surface area contributed by atoms with Crippen LogP contribution in [-0.2, 0) is 4.74 Å². The van der Waals surface area contributed by atoms with E-state index in [2.05, 4.69) is 26.1 Å². The first-order chi connectivity index (χ1) is 9.35. The second-order valence-electron chi connectivity index (χ2n) is 6.86. The monoisotopic (exact) mass is 286 g/mol. The second kappa shape index (κ2) is 7.84. The summed E-state index contributed by atoms with van der Waals surface area (Å²) in [4.78, 5) is 13.7. The van der Waals surface area contributed by atoms with Crippen molar-refractivity contribution in [1.29, 1.82) is 0 Å². The summed E-state index contributed by atoms with van der Waals surface area (Å²) < 4.78 is 5.10. The van der Waals surface area contributed by atoms with Crippen LogP contribution in [0.3, 0.4) is 0 Å². The van der Waals surface area contributed by atoms with E-state index in [-0.39, 0.29) is 24.2 Å². The van der Waals surface area contributed by atoms with Crippen LogP contribution >= 0.6 is 0 Å². The molecule has 118 valence electrons. The zero-order chi connectivity index (χ0) is 15.2. The summed E-state index contributed by atoms with van der Waals surface area (Å²) in [5.41, 5.74) is 0.221. The molecular formula is C15H30N2O3. The SMILES string of the molecule is CCOC(=O)N1CC(CCO)CC(NCC(C)(C)C)C1. The van der Waals surface area contributed by atoms with Crippen molar-refractivity contribution < 1.29 is 14.6 Å². The van der Waals surface area contributed by atoms with Gasteiger partial charge in [0.2, 0.25) is 0 Å². The van der Waals surface area contributed by atoms with Crippen LogP contribution < -0.4 is 5.32 Å². The number of nitrogens with one attached hydrogen (secondary N) is 1. The van der Waals surface area contributed by atoms with Crippen molar-refractivity contribution in [2.45, 2.75) is 46.6 Å². The molecule has 1 heterocycles. The van der Waals surface area contributed by atoms with E-state index in [1.807, 2.05) is 6.92 Å². The summed E-state index contributed by atoms with van der Waals surface area (Å²) in [6.45, 7) is 11.3. The highest BCUT2D eigenvalue weighted by Gasteiger charge is 2.30. The molecule has 1 aliphatic heterocycles. The molecule has 0 aromatic carbocycles. The van der Waals surface area contributed by atoms with Gasteiger partial charge in [0, 0.05) is 32.3 Å². The molecule has 0 radical (unpaired) electrons. The number of hydrogen-bond donors (Lipinski definition) is 2. The lowest BCUT2D eigenvalue weighted by Crippen LogP contribution is -2.52. The number of amides is 1. The largest absolute Gasteiger partial charge is 0.450 e. The Morgan fingerprint density at radius 3 is 2.65 bits per heavy atom. The van der Waals surface area contributed by atoms with E-state index in [9.17, 15) is 4.79 Å². The van der Waals surface area contributed by atoms with Crippen molar-refractivity contribution in [3.05, 3.63) is 0 Å². The van der Waals surface area contributed by atoms with Gasteiger partial charge in [0.25, 0.3) is 0 Å². The normalized spacial score (nSPS) is 23.8. The lowest BCUT2D eigenvalue weighted by Gasteiger charge is -2.38. The summed E-state index contributed by atoms with van der Waals surface area (Å²) in [6, 6.07) is 0.281. The molecule has 1 fully saturated rings. The van der Waals surface area contributed by atoms with Crippen LogP contribution in [0.25, 0.3) is 0 Å². The molecule has 20 heavy (non-hydrogen) atoms. The molecule has 1 rings (SSSR count). The van der Waals surface area contributed by atoms with Crippen LogP contribution in [0, 0.1) is 11.3 Å². The van der Waals surface area contributed by atoms with E-state index in [1.165, 1.54) is 0 Å². The van der Waals surface area contributed by atoms with Gasteiger partial charge < -0.3 is 20.1 Å². The number of ether oxygens (including phenoxy) is 1. The number of likely N-dealkylation sites (tertiary alicyclic amines) is 1. The third-order valence-corrected chi connectivity index (χ3v) is 3.52. The second-order valence-corrected chi connectivity index (χ2v) is 6.86. The van der Waals surface area contributed by atoms with E-state index in [0.29, 0.717) is 25.6 Å². The molecule has 2 atom stereocenters. The third-order valence-electron chi connectivity index (χ3n) is 3.52. The molecule has 1 saturated heterocycles. The van der Waals surface area contributed by atoms with Crippen LogP contribution in [0.1, 0.15) is 40.5 Å². The van der Waals surface area contributed by atoms with E-state index in [4.69, 9.17) is 9.84 Å². The van der Waals surface area contributed by atoms with Crippen LogP contribution in [-0.4, -0.2) is 55.0 Å². The predicted molar refractivity (Wildman–Crippen MR) is 79.7 cm³/mol. The lowest BCUT2D eigenvalue weighted by atomic mass is 9.90. The quantitative estimate of drug-likeness (QED) is 0.810. The van der Waals surface area contributed by atoms with Crippen LogP contribution in [0.2, 0.25) is 0 Å². The Kier molecular flexibility index (Phi) is 6.76. The zero-order valence-electron chi connectivity index (χ0n) is 13.3. The minimum atomic E-state index is -0.238. The molecule has 0 aromatic heterocycles. The van der Waals surface area contributed by atoms with E-state index in [0.717, 1.165) is 19.4 Å². The lowest BCUT2D eigenvalue weighted by molar-refractivity contribution is 0.0721. The fourth-order valence-corrected chi connectivity index (χ4v) is 2.56. The van der Waals surface area contributed by atoms with Crippen molar-refractivity contribution >= 4 is 6.09 Å². The first-order valence-electron chi connectivity index (χ1n) is 7.61. The predicted octanol–water partition coefficient (Wildman–Crippen LogP) is 1.85. The average molecular weight is 286 g/mol. The van der Waals surface area contributed by atoms with Gasteiger partial charge in [-0.2, -0.15) is 0 Å². The van der Waals surface area contributed by atoms with Gasteiger partial charge in [0.15, 0.2) is 0 Å². The topological polar surface area (TPSA) is 61.8 Å². The minimum Gasteiger partial charge on any atom is -0.450 e. The van der Waals surface area contributed by atoms with Crippen molar-refractivity contribution in [2.75, 3.05) is 32.8 Å². The standard InChI is InChI=1S/C15H30N2O3/c1-5-20-14(19)17-9-12(6-7-18)8-13(10-17)16-11-15(2,3)4/h12-13,16,18H,5-11H2,1-4H3. The third kappa shape index (κ3) is 6.09. The first-order valence-corrected chi connectivity index (χ1v) is 7.61. The summed E-state index contributed by atoms with van der Waals surface area (Å²) in [5.74, 6) is 0.343. The molecule has 0 saturated carbocycles. The number of aliphatic hydroxyl groups is 1. The van der Waals surface area contributed by atoms with Gasteiger partial charge in [-0.05, 0) is 31.1 Å². The average Bonchev–Trinajstić information content (AvgIpc) is 2.36. The van der Waals surface area contributed by atoms with Gasteiger partial charge in [-0.25, -0.2) is 4.79 Å². The van der Waals surface area contributed by atoms with Crippen molar-refractivity contribution in [3.63, 3.8) is 0 Å². The Morgan fingerprint density at radius 2 is 2.10 bits per heavy atom. The minimum absolute atomic E-state index is 0.174. The van der Waals surface area contributed by atoms with Gasteiger partial charge in [-0.15, -0.1) is 0 Å². The van der Waals surface area contributed by atoms with Crippen LogP contribution in [0.15, 0.2) is 0 Å². The first kappa shape index (κ1) is 17.2. The summed E-state index contributed by atoms with van der Waals surface area (Å²) >= 11 is 0. The smallest absolute Gasteiger partial charge is 0.409 e. The highest BCUT2D eigenvalue weighted by atomic mass is 16.6. The maximum absolute atomic E-state index is 11.9. The van der Waals surface area contributed by atoms with Gasteiger partial charge in [-0.1, -0.05) is 20.8 Å². The van der Waals surface area contributed by atoms with Crippen molar-refractivity contribution in [2.24, 2.45) is 11.3 Å². The number of carbonyl (C=O) groups is 1. The number of carbonyl (C=O) groups excluding carboxylic acids is 1.